The van der Waals surface area contributed by atoms with Crippen LogP contribution in [0.15, 0.2) is 24.4 Å². The van der Waals surface area contributed by atoms with Gasteiger partial charge in [-0.1, -0.05) is 6.07 Å². The normalized spacial score (nSPS) is 20.1. The molecule has 1 aromatic heterocycles. The molecule has 0 amide bonds. The summed E-state index contributed by atoms with van der Waals surface area (Å²) in [5.74, 6) is 2.08. The highest BCUT2D eigenvalue weighted by molar-refractivity contribution is 7.99. The Morgan fingerprint density at radius 1 is 1.31 bits per heavy atom. The maximum Gasteiger partial charge on any atom is 0.0912 e. The van der Waals surface area contributed by atoms with E-state index >= 15 is 0 Å². The van der Waals surface area contributed by atoms with E-state index in [2.05, 4.69) is 16.3 Å². The maximum atomic E-state index is 10.6. The third-order valence-corrected chi connectivity index (χ3v) is 4.28. The van der Waals surface area contributed by atoms with Crippen LogP contribution in [0.25, 0.3) is 10.9 Å². The second-order valence-electron chi connectivity index (χ2n) is 4.32. The van der Waals surface area contributed by atoms with E-state index in [0.29, 0.717) is 0 Å². The van der Waals surface area contributed by atoms with Crippen LogP contribution in [0.3, 0.4) is 0 Å². The van der Waals surface area contributed by atoms with Crippen LogP contribution in [-0.2, 0) is 5.60 Å². The zero-order chi connectivity index (χ0) is 11.0. The molecule has 4 heteroatoms. The first-order valence-corrected chi connectivity index (χ1v) is 6.67. The molecule has 1 aromatic carbocycles. The van der Waals surface area contributed by atoms with E-state index in [9.17, 15) is 5.11 Å². The minimum atomic E-state index is -0.628. The molecule has 1 saturated heterocycles. The van der Waals surface area contributed by atoms with Crippen molar-refractivity contribution in [1.29, 1.82) is 0 Å². The molecule has 0 aliphatic carbocycles. The van der Waals surface area contributed by atoms with E-state index in [-0.39, 0.29) is 0 Å². The number of rotatable bonds is 1. The van der Waals surface area contributed by atoms with Gasteiger partial charge in [-0.15, -0.1) is 0 Å². The first kappa shape index (κ1) is 10.2. The van der Waals surface area contributed by atoms with Gasteiger partial charge in [-0.2, -0.15) is 16.9 Å². The summed E-state index contributed by atoms with van der Waals surface area (Å²) in [4.78, 5) is 0. The van der Waals surface area contributed by atoms with Crippen molar-refractivity contribution in [2.24, 2.45) is 0 Å². The molecule has 0 spiro atoms. The van der Waals surface area contributed by atoms with Crippen LogP contribution >= 0.6 is 11.8 Å². The lowest BCUT2D eigenvalue weighted by Crippen LogP contribution is -2.30. The molecule has 0 bridgehead atoms. The van der Waals surface area contributed by atoms with E-state index < -0.39 is 5.60 Å². The topological polar surface area (TPSA) is 48.9 Å². The zero-order valence-corrected chi connectivity index (χ0v) is 9.76. The fourth-order valence-corrected chi connectivity index (χ4v) is 3.40. The van der Waals surface area contributed by atoms with E-state index in [1.54, 1.807) is 6.20 Å². The molecule has 1 aliphatic heterocycles. The molecule has 2 aromatic rings. The number of aromatic amines is 1. The average molecular weight is 234 g/mol. The fraction of sp³-hybridized carbons (Fsp3) is 0.417. The standard InChI is InChI=1S/C12H14N2OS/c15-12(3-5-16-6-4-12)10-1-2-11-9(7-10)8-13-14-11/h1-2,7-8,15H,3-6H2,(H,13,14). The van der Waals surface area contributed by atoms with Crippen molar-refractivity contribution >= 4 is 22.7 Å². The Balaban J connectivity index is 2.03. The van der Waals surface area contributed by atoms with Crippen molar-refractivity contribution in [3.05, 3.63) is 30.0 Å². The Kier molecular flexibility index (Phi) is 2.41. The van der Waals surface area contributed by atoms with Gasteiger partial charge in [0, 0.05) is 5.39 Å². The largest absolute Gasteiger partial charge is 0.385 e. The molecule has 1 aliphatic rings. The maximum absolute atomic E-state index is 10.6. The predicted octanol–water partition coefficient (Wildman–Crippen LogP) is 2.28. The number of benzene rings is 1. The van der Waals surface area contributed by atoms with Crippen LogP contribution in [0, 0.1) is 0 Å². The molecule has 3 nitrogen and oxygen atoms in total. The molecular weight excluding hydrogens is 220 g/mol. The SMILES string of the molecule is OC1(c2ccc3[nH]ncc3c2)CCSCC1. The molecule has 1 fully saturated rings. The highest BCUT2D eigenvalue weighted by atomic mass is 32.2. The van der Waals surface area contributed by atoms with Gasteiger partial charge in [0.2, 0.25) is 0 Å². The third-order valence-electron chi connectivity index (χ3n) is 3.30. The molecule has 84 valence electrons. The van der Waals surface area contributed by atoms with E-state index in [4.69, 9.17) is 0 Å². The molecule has 0 radical (unpaired) electrons. The molecule has 2 N–H and O–H groups in total. The lowest BCUT2D eigenvalue weighted by molar-refractivity contribution is 0.0282. The van der Waals surface area contributed by atoms with Crippen molar-refractivity contribution < 1.29 is 5.11 Å². The Bertz CT molecular complexity index is 502. The Hall–Kier alpha value is -1.000. The van der Waals surface area contributed by atoms with Gasteiger partial charge in [0.15, 0.2) is 0 Å². The van der Waals surface area contributed by atoms with Crippen LogP contribution in [-0.4, -0.2) is 26.8 Å². The highest BCUT2D eigenvalue weighted by Gasteiger charge is 2.31. The molecule has 0 unspecified atom stereocenters. The highest BCUT2D eigenvalue weighted by Crippen LogP contribution is 2.36. The van der Waals surface area contributed by atoms with Crippen molar-refractivity contribution in [2.45, 2.75) is 18.4 Å². The van der Waals surface area contributed by atoms with E-state index in [0.717, 1.165) is 40.8 Å². The molecule has 0 atom stereocenters. The van der Waals surface area contributed by atoms with Gasteiger partial charge in [0.1, 0.15) is 0 Å². The number of hydrogen-bond donors (Lipinski definition) is 2. The van der Waals surface area contributed by atoms with Gasteiger partial charge >= 0.3 is 0 Å². The van der Waals surface area contributed by atoms with E-state index in [1.807, 2.05) is 23.9 Å². The quantitative estimate of drug-likeness (QED) is 0.796. The summed E-state index contributed by atoms with van der Waals surface area (Å²) in [7, 11) is 0. The summed E-state index contributed by atoms with van der Waals surface area (Å²) in [5, 5.41) is 18.6. The Labute approximate surface area is 98.2 Å². The fourth-order valence-electron chi connectivity index (χ4n) is 2.23. The minimum Gasteiger partial charge on any atom is -0.385 e. The summed E-state index contributed by atoms with van der Waals surface area (Å²) in [6.45, 7) is 0. The van der Waals surface area contributed by atoms with E-state index in [1.165, 1.54) is 0 Å². The number of H-pyrrole nitrogens is 1. The van der Waals surface area contributed by atoms with Crippen LogP contribution in [0.4, 0.5) is 0 Å². The van der Waals surface area contributed by atoms with Crippen molar-refractivity contribution in [1.82, 2.24) is 10.2 Å². The third kappa shape index (κ3) is 1.62. The van der Waals surface area contributed by atoms with Crippen molar-refractivity contribution in [3.8, 4) is 0 Å². The number of nitrogens with zero attached hydrogens (tertiary/aromatic N) is 1. The van der Waals surface area contributed by atoms with Crippen molar-refractivity contribution in [3.63, 3.8) is 0 Å². The average Bonchev–Trinajstić information content (AvgIpc) is 2.77. The number of aliphatic hydroxyl groups is 1. The van der Waals surface area contributed by atoms with Gasteiger partial charge < -0.3 is 5.11 Å². The van der Waals surface area contributed by atoms with Gasteiger partial charge in [0.05, 0.1) is 17.3 Å². The lowest BCUT2D eigenvalue weighted by Gasteiger charge is -2.32. The number of nitrogens with one attached hydrogen (secondary N) is 1. The second kappa shape index (κ2) is 3.79. The van der Waals surface area contributed by atoms with Crippen molar-refractivity contribution in [2.75, 3.05) is 11.5 Å². The predicted molar refractivity (Wildman–Crippen MR) is 66.5 cm³/mol. The van der Waals surface area contributed by atoms with Gasteiger partial charge in [0.25, 0.3) is 0 Å². The summed E-state index contributed by atoms with van der Waals surface area (Å²) >= 11 is 1.92. The lowest BCUT2D eigenvalue weighted by atomic mass is 9.87. The number of thioether (sulfide) groups is 1. The minimum absolute atomic E-state index is 0.628. The zero-order valence-electron chi connectivity index (χ0n) is 8.94. The van der Waals surface area contributed by atoms with Gasteiger partial charge in [-0.25, -0.2) is 0 Å². The van der Waals surface area contributed by atoms with Crippen LogP contribution in [0.5, 0.6) is 0 Å². The summed E-state index contributed by atoms with van der Waals surface area (Å²) in [6.07, 6.45) is 3.50. The Morgan fingerprint density at radius 2 is 2.12 bits per heavy atom. The van der Waals surface area contributed by atoms with Gasteiger partial charge in [-0.3, -0.25) is 5.10 Å². The van der Waals surface area contributed by atoms with Gasteiger partial charge in [-0.05, 0) is 42.0 Å². The first-order valence-electron chi connectivity index (χ1n) is 5.52. The molecule has 0 saturated carbocycles. The Morgan fingerprint density at radius 3 is 2.94 bits per heavy atom. The summed E-state index contributed by atoms with van der Waals surface area (Å²) < 4.78 is 0. The monoisotopic (exact) mass is 234 g/mol. The first-order chi connectivity index (χ1) is 7.78. The summed E-state index contributed by atoms with van der Waals surface area (Å²) in [6, 6.07) is 6.06. The summed E-state index contributed by atoms with van der Waals surface area (Å²) in [5.41, 5.74) is 1.43. The van der Waals surface area contributed by atoms with Crippen LogP contribution in [0.2, 0.25) is 0 Å². The molecule has 2 heterocycles. The second-order valence-corrected chi connectivity index (χ2v) is 5.54. The van der Waals surface area contributed by atoms with Crippen LogP contribution in [0.1, 0.15) is 18.4 Å². The smallest absolute Gasteiger partial charge is 0.0912 e. The number of aromatic nitrogens is 2. The molecular formula is C12H14N2OS. The number of fused-ring (bicyclic) bond motifs is 1. The molecule has 16 heavy (non-hydrogen) atoms. The molecule has 3 rings (SSSR count). The van der Waals surface area contributed by atoms with Crippen LogP contribution < -0.4 is 0 Å². The number of hydrogen-bond acceptors (Lipinski definition) is 3.